The fraction of sp³-hybridized carbons (Fsp3) is 0.333. The van der Waals surface area contributed by atoms with Crippen molar-refractivity contribution in [1.29, 1.82) is 0 Å². The van der Waals surface area contributed by atoms with Crippen molar-refractivity contribution in [3.8, 4) is 16.2 Å². The molecule has 1 amide bonds. The van der Waals surface area contributed by atoms with Gasteiger partial charge in [0.15, 0.2) is 0 Å². The standard InChI is InChI=1S/C18H17NO5S/c1-23-11-7-13(18(21)22)19(8-11)17(20)15-6-10-9-24-14-5-3-2-4-12(14)16(10)25-15/h2-6,11,13H,7-9H2,1H3,(H,21,22). The van der Waals surface area contributed by atoms with Crippen LogP contribution in [0.4, 0.5) is 0 Å². The number of likely N-dealkylation sites (tertiary alicyclic amines) is 1. The van der Waals surface area contributed by atoms with Gasteiger partial charge < -0.3 is 19.5 Å². The van der Waals surface area contributed by atoms with Gasteiger partial charge in [-0.15, -0.1) is 11.3 Å². The number of methoxy groups -OCH3 is 1. The number of rotatable bonds is 3. The maximum Gasteiger partial charge on any atom is 0.326 e. The van der Waals surface area contributed by atoms with Crippen LogP contribution in [0, 0.1) is 0 Å². The number of hydrogen-bond donors (Lipinski definition) is 1. The Balaban J connectivity index is 1.66. The SMILES string of the molecule is COC1CC(C(=O)O)N(C(=O)c2cc3c(s2)-c2ccccc2OC3)C1. The van der Waals surface area contributed by atoms with E-state index in [2.05, 4.69) is 0 Å². The van der Waals surface area contributed by atoms with E-state index in [0.717, 1.165) is 21.8 Å². The Morgan fingerprint density at radius 1 is 1.36 bits per heavy atom. The van der Waals surface area contributed by atoms with Crippen molar-refractivity contribution in [2.75, 3.05) is 13.7 Å². The molecular formula is C18H17NO5S. The van der Waals surface area contributed by atoms with Crippen molar-refractivity contribution >= 4 is 23.2 Å². The molecule has 0 saturated carbocycles. The lowest BCUT2D eigenvalue weighted by Gasteiger charge is -2.20. The molecule has 2 atom stereocenters. The molecule has 7 heteroatoms. The molecular weight excluding hydrogens is 342 g/mol. The van der Waals surface area contributed by atoms with Crippen LogP contribution in [0.25, 0.3) is 10.4 Å². The van der Waals surface area contributed by atoms with Crippen molar-refractivity contribution in [3.63, 3.8) is 0 Å². The molecule has 1 saturated heterocycles. The van der Waals surface area contributed by atoms with Crippen molar-refractivity contribution in [2.24, 2.45) is 0 Å². The fourth-order valence-electron chi connectivity index (χ4n) is 3.37. The molecule has 0 bridgehead atoms. The molecule has 1 fully saturated rings. The summed E-state index contributed by atoms with van der Waals surface area (Å²) in [4.78, 5) is 27.4. The summed E-state index contributed by atoms with van der Waals surface area (Å²) in [6, 6.07) is 8.69. The Bertz CT molecular complexity index is 846. The summed E-state index contributed by atoms with van der Waals surface area (Å²) >= 11 is 1.39. The molecule has 0 aliphatic carbocycles. The summed E-state index contributed by atoms with van der Waals surface area (Å²) in [7, 11) is 1.54. The number of para-hydroxylation sites is 1. The second kappa shape index (κ2) is 6.16. The molecule has 1 N–H and O–H groups in total. The quantitative estimate of drug-likeness (QED) is 0.912. The van der Waals surface area contributed by atoms with Crippen LogP contribution in [-0.2, 0) is 16.1 Å². The number of ether oxygens (including phenoxy) is 2. The number of carbonyl (C=O) groups excluding carboxylic acids is 1. The van der Waals surface area contributed by atoms with Crippen LogP contribution in [0.15, 0.2) is 30.3 Å². The lowest BCUT2D eigenvalue weighted by molar-refractivity contribution is -0.141. The number of carbonyl (C=O) groups is 2. The molecule has 3 heterocycles. The number of aliphatic carboxylic acids is 1. The van der Waals surface area contributed by atoms with Gasteiger partial charge in [-0.3, -0.25) is 4.79 Å². The topological polar surface area (TPSA) is 76.1 Å². The van der Waals surface area contributed by atoms with Crippen LogP contribution < -0.4 is 4.74 Å². The predicted octanol–water partition coefficient (Wildman–Crippen LogP) is 2.62. The summed E-state index contributed by atoms with van der Waals surface area (Å²) in [5.41, 5.74) is 1.93. The van der Waals surface area contributed by atoms with E-state index in [1.54, 1.807) is 0 Å². The molecule has 130 valence electrons. The normalized spacial score (nSPS) is 21.4. The fourth-order valence-corrected chi connectivity index (χ4v) is 4.53. The van der Waals surface area contributed by atoms with E-state index in [1.165, 1.54) is 23.3 Å². The number of benzene rings is 1. The molecule has 0 radical (unpaired) electrons. The minimum atomic E-state index is -0.997. The van der Waals surface area contributed by atoms with Crippen molar-refractivity contribution in [1.82, 2.24) is 4.90 Å². The number of amides is 1. The second-order valence-corrected chi connectivity index (χ2v) is 7.21. The van der Waals surface area contributed by atoms with Crippen molar-refractivity contribution < 1.29 is 24.2 Å². The van der Waals surface area contributed by atoms with Crippen LogP contribution in [0.3, 0.4) is 0 Å². The Morgan fingerprint density at radius 2 is 2.16 bits per heavy atom. The van der Waals surface area contributed by atoms with Crippen LogP contribution >= 0.6 is 11.3 Å². The Kier molecular flexibility index (Phi) is 3.97. The summed E-state index contributed by atoms with van der Waals surface area (Å²) < 4.78 is 11.0. The number of fused-ring (bicyclic) bond motifs is 3. The first-order chi connectivity index (χ1) is 12.1. The minimum Gasteiger partial charge on any atom is -0.488 e. The Labute approximate surface area is 148 Å². The molecule has 1 aromatic heterocycles. The maximum atomic E-state index is 12.9. The smallest absolute Gasteiger partial charge is 0.326 e. The highest BCUT2D eigenvalue weighted by atomic mass is 32.1. The molecule has 0 spiro atoms. The molecule has 4 rings (SSSR count). The predicted molar refractivity (Wildman–Crippen MR) is 92.0 cm³/mol. The van der Waals surface area contributed by atoms with Crippen molar-refractivity contribution in [3.05, 3.63) is 40.8 Å². The summed E-state index contributed by atoms with van der Waals surface area (Å²) in [6.45, 7) is 0.709. The maximum absolute atomic E-state index is 12.9. The summed E-state index contributed by atoms with van der Waals surface area (Å²) in [5.74, 6) is -0.452. The highest BCUT2D eigenvalue weighted by molar-refractivity contribution is 7.17. The molecule has 6 nitrogen and oxygen atoms in total. The van der Waals surface area contributed by atoms with E-state index in [0.29, 0.717) is 24.4 Å². The number of carboxylic acids is 1. The Hall–Kier alpha value is -2.38. The van der Waals surface area contributed by atoms with Gasteiger partial charge in [0.05, 0.1) is 11.0 Å². The average Bonchev–Trinajstić information content (AvgIpc) is 3.25. The number of nitrogens with zero attached hydrogens (tertiary/aromatic N) is 1. The zero-order valence-electron chi connectivity index (χ0n) is 13.6. The zero-order valence-corrected chi connectivity index (χ0v) is 14.4. The Morgan fingerprint density at radius 3 is 2.92 bits per heavy atom. The molecule has 2 aromatic rings. The van der Waals surface area contributed by atoms with Gasteiger partial charge in [0.2, 0.25) is 0 Å². The highest BCUT2D eigenvalue weighted by Crippen LogP contribution is 2.42. The largest absolute Gasteiger partial charge is 0.488 e. The van der Waals surface area contributed by atoms with Gasteiger partial charge in [-0.25, -0.2) is 4.79 Å². The van der Waals surface area contributed by atoms with Crippen LogP contribution in [0.5, 0.6) is 5.75 Å². The van der Waals surface area contributed by atoms with Crippen molar-refractivity contribution in [2.45, 2.75) is 25.2 Å². The molecule has 2 aliphatic heterocycles. The van der Waals surface area contributed by atoms with Gasteiger partial charge in [-0.1, -0.05) is 12.1 Å². The number of hydrogen-bond acceptors (Lipinski definition) is 5. The van der Waals surface area contributed by atoms with Gasteiger partial charge in [-0.2, -0.15) is 0 Å². The molecule has 25 heavy (non-hydrogen) atoms. The average molecular weight is 359 g/mol. The molecule has 1 aromatic carbocycles. The third kappa shape index (κ3) is 2.69. The molecule has 2 aliphatic rings. The monoisotopic (exact) mass is 359 g/mol. The third-order valence-electron chi connectivity index (χ3n) is 4.68. The lowest BCUT2D eigenvalue weighted by Crippen LogP contribution is -2.40. The summed E-state index contributed by atoms with van der Waals surface area (Å²) in [6.07, 6.45) is 0.0675. The highest BCUT2D eigenvalue weighted by Gasteiger charge is 2.40. The van der Waals surface area contributed by atoms with E-state index in [9.17, 15) is 14.7 Å². The van der Waals surface area contributed by atoms with E-state index >= 15 is 0 Å². The van der Waals surface area contributed by atoms with Gasteiger partial charge in [0.1, 0.15) is 18.4 Å². The first-order valence-electron chi connectivity index (χ1n) is 8.00. The van der Waals surface area contributed by atoms with Gasteiger partial charge in [0.25, 0.3) is 5.91 Å². The first-order valence-corrected chi connectivity index (χ1v) is 8.81. The van der Waals surface area contributed by atoms with E-state index in [-0.39, 0.29) is 12.0 Å². The van der Waals surface area contributed by atoms with Crippen LogP contribution in [0.1, 0.15) is 21.7 Å². The summed E-state index contributed by atoms with van der Waals surface area (Å²) in [5, 5.41) is 9.42. The van der Waals surface area contributed by atoms with Gasteiger partial charge in [-0.05, 0) is 18.2 Å². The number of carboxylic acid groups (broad SMARTS) is 1. The van der Waals surface area contributed by atoms with Gasteiger partial charge >= 0.3 is 5.97 Å². The first kappa shape index (κ1) is 16.1. The van der Waals surface area contributed by atoms with E-state index < -0.39 is 12.0 Å². The minimum absolute atomic E-state index is 0.247. The zero-order chi connectivity index (χ0) is 17.6. The van der Waals surface area contributed by atoms with E-state index in [1.807, 2.05) is 30.3 Å². The second-order valence-electron chi connectivity index (χ2n) is 6.15. The lowest BCUT2D eigenvalue weighted by atomic mass is 10.1. The van der Waals surface area contributed by atoms with Crippen LogP contribution in [0.2, 0.25) is 0 Å². The van der Waals surface area contributed by atoms with Crippen LogP contribution in [-0.4, -0.2) is 47.7 Å². The molecule has 2 unspecified atom stereocenters. The van der Waals surface area contributed by atoms with Gasteiger partial charge in [0, 0.05) is 36.1 Å². The third-order valence-corrected chi connectivity index (χ3v) is 5.88. The number of thiophene rings is 1. The van der Waals surface area contributed by atoms with E-state index in [4.69, 9.17) is 9.47 Å².